The van der Waals surface area contributed by atoms with E-state index in [2.05, 4.69) is 20.6 Å². The molecule has 7 N–H and O–H groups in total. The van der Waals surface area contributed by atoms with Crippen LogP contribution in [-0.2, 0) is 9.84 Å². The average molecular weight is 449 g/mol. The molecule has 3 rings (SSSR count). The van der Waals surface area contributed by atoms with Crippen molar-refractivity contribution in [3.8, 4) is 0 Å². The maximum atomic E-state index is 12.7. The number of para-hydroxylation sites is 1. The quantitative estimate of drug-likeness (QED) is 0.404. The Bertz CT molecular complexity index is 1140. The minimum atomic E-state index is -3.63. The van der Waals surface area contributed by atoms with Gasteiger partial charge in [0.2, 0.25) is 5.95 Å². The number of amides is 1. The van der Waals surface area contributed by atoms with Gasteiger partial charge in [0.25, 0.3) is 11.5 Å². The number of H-pyrrole nitrogens is 1. The summed E-state index contributed by atoms with van der Waals surface area (Å²) < 4.78 is 25.5. The van der Waals surface area contributed by atoms with Crippen molar-refractivity contribution in [1.29, 1.82) is 0 Å². The van der Waals surface area contributed by atoms with Crippen LogP contribution in [0.1, 0.15) is 49.9 Å². The van der Waals surface area contributed by atoms with Crippen LogP contribution >= 0.6 is 0 Å². The number of nitrogens with one attached hydrogen (secondary N) is 3. The molecular formula is C20H28N6O4S. The molecule has 0 saturated heterocycles. The fourth-order valence-electron chi connectivity index (χ4n) is 3.59. The molecule has 11 heteroatoms. The summed E-state index contributed by atoms with van der Waals surface area (Å²) in [5.74, 6) is -1.01. The Balaban J connectivity index is 2.00. The van der Waals surface area contributed by atoms with E-state index in [1.54, 1.807) is 26.0 Å². The summed E-state index contributed by atoms with van der Waals surface area (Å²) in [5.41, 5.74) is 10.4. The van der Waals surface area contributed by atoms with Gasteiger partial charge in [0, 0.05) is 12.1 Å². The maximum absolute atomic E-state index is 12.7. The highest BCUT2D eigenvalue weighted by atomic mass is 32.2. The van der Waals surface area contributed by atoms with Crippen molar-refractivity contribution >= 4 is 33.2 Å². The fraction of sp³-hybridized carbons (Fsp3) is 0.450. The Labute approximate surface area is 180 Å². The van der Waals surface area contributed by atoms with E-state index in [1.165, 1.54) is 12.1 Å². The Morgan fingerprint density at radius 1 is 1.26 bits per heavy atom. The minimum Gasteiger partial charge on any atom is -0.365 e. The molecule has 1 amide bonds. The van der Waals surface area contributed by atoms with Crippen molar-refractivity contribution in [2.45, 2.75) is 55.2 Å². The minimum absolute atomic E-state index is 0.0314. The highest BCUT2D eigenvalue weighted by Crippen LogP contribution is 2.29. The van der Waals surface area contributed by atoms with Crippen molar-refractivity contribution in [3.05, 3.63) is 40.2 Å². The molecule has 0 radical (unpaired) electrons. The molecule has 0 bridgehead atoms. The number of nitrogens with zero attached hydrogens (tertiary/aromatic N) is 1. The normalized spacial score (nSPS) is 15.7. The predicted octanol–water partition coefficient (Wildman–Crippen LogP) is 1.48. The number of carbonyl (C=O) groups is 1. The predicted molar refractivity (Wildman–Crippen MR) is 119 cm³/mol. The van der Waals surface area contributed by atoms with Crippen LogP contribution < -0.4 is 27.7 Å². The number of carbonyl (C=O) groups excluding carboxylic acids is 1. The number of hydrogen-bond donors (Lipinski definition) is 5. The van der Waals surface area contributed by atoms with Crippen LogP contribution in [0.3, 0.4) is 0 Å². The van der Waals surface area contributed by atoms with Crippen molar-refractivity contribution in [1.82, 2.24) is 9.97 Å². The monoisotopic (exact) mass is 448 g/mol. The smallest absolute Gasteiger partial charge is 0.267 e. The molecule has 1 fully saturated rings. The number of sulfone groups is 1. The first-order chi connectivity index (χ1) is 14.5. The summed E-state index contributed by atoms with van der Waals surface area (Å²) in [5, 5.41) is 5.18. The first-order valence-electron chi connectivity index (χ1n) is 10.1. The van der Waals surface area contributed by atoms with Crippen molar-refractivity contribution in [2.24, 2.45) is 11.5 Å². The molecule has 0 unspecified atom stereocenters. The molecule has 10 nitrogen and oxygen atoms in total. The number of nitrogens with two attached hydrogens (primary N) is 2. The van der Waals surface area contributed by atoms with E-state index in [9.17, 15) is 18.0 Å². The van der Waals surface area contributed by atoms with E-state index in [-0.39, 0.29) is 22.3 Å². The highest BCUT2D eigenvalue weighted by Gasteiger charge is 2.29. The molecule has 0 spiro atoms. The molecule has 1 saturated carbocycles. The van der Waals surface area contributed by atoms with Crippen molar-refractivity contribution in [3.63, 3.8) is 0 Å². The molecule has 1 aliphatic carbocycles. The molecule has 31 heavy (non-hydrogen) atoms. The first kappa shape index (κ1) is 22.8. The Morgan fingerprint density at radius 3 is 2.52 bits per heavy atom. The first-order valence-corrected chi connectivity index (χ1v) is 11.6. The van der Waals surface area contributed by atoms with Gasteiger partial charge < -0.3 is 22.1 Å². The van der Waals surface area contributed by atoms with Gasteiger partial charge >= 0.3 is 0 Å². The van der Waals surface area contributed by atoms with Gasteiger partial charge in [-0.15, -0.1) is 0 Å². The number of rotatable bonds is 8. The number of aromatic amines is 1. The van der Waals surface area contributed by atoms with Crippen LogP contribution in [0.25, 0.3) is 0 Å². The lowest BCUT2D eigenvalue weighted by Crippen LogP contribution is -2.44. The van der Waals surface area contributed by atoms with E-state index in [0.717, 1.165) is 25.7 Å². The van der Waals surface area contributed by atoms with E-state index < -0.39 is 37.7 Å². The molecule has 0 atom stereocenters. The molecular weight excluding hydrogens is 420 g/mol. The summed E-state index contributed by atoms with van der Waals surface area (Å²) in [7, 11) is -3.63. The highest BCUT2D eigenvalue weighted by molar-refractivity contribution is 7.92. The van der Waals surface area contributed by atoms with E-state index in [0.29, 0.717) is 6.54 Å². The summed E-state index contributed by atoms with van der Waals surface area (Å²) in [4.78, 5) is 31.3. The van der Waals surface area contributed by atoms with Gasteiger partial charge in [0.15, 0.2) is 15.7 Å². The van der Waals surface area contributed by atoms with Gasteiger partial charge in [-0.05, 0) is 38.8 Å². The number of hydrogen-bond acceptors (Lipinski definition) is 8. The van der Waals surface area contributed by atoms with Crippen LogP contribution in [0.5, 0.6) is 0 Å². The zero-order valence-electron chi connectivity index (χ0n) is 17.6. The third kappa shape index (κ3) is 4.88. The third-order valence-corrected chi connectivity index (χ3v) is 7.65. The zero-order chi connectivity index (χ0) is 22.8. The molecule has 1 aliphatic rings. The second kappa shape index (κ2) is 8.67. The summed E-state index contributed by atoms with van der Waals surface area (Å²) in [6, 6.07) is 6.21. The van der Waals surface area contributed by atoms with Gasteiger partial charge in [-0.1, -0.05) is 25.0 Å². The molecule has 2 aromatic rings. The summed E-state index contributed by atoms with van der Waals surface area (Å²) in [6.45, 7) is 3.53. The Kier molecular flexibility index (Phi) is 6.37. The van der Waals surface area contributed by atoms with Gasteiger partial charge in [0.1, 0.15) is 5.56 Å². The van der Waals surface area contributed by atoms with Crippen molar-refractivity contribution in [2.75, 3.05) is 17.2 Å². The SMILES string of the molecule is CC(C)S(=O)(=O)c1ccccc1Nc1nc(NCC2(N)CCCC2)[nH]c(=O)c1C(N)=O. The summed E-state index contributed by atoms with van der Waals surface area (Å²) in [6.07, 6.45) is 3.79. The van der Waals surface area contributed by atoms with E-state index >= 15 is 0 Å². The summed E-state index contributed by atoms with van der Waals surface area (Å²) >= 11 is 0. The Hall–Kier alpha value is -2.92. The Morgan fingerprint density at radius 2 is 1.90 bits per heavy atom. The van der Waals surface area contributed by atoms with Gasteiger partial charge in [0.05, 0.1) is 15.8 Å². The van der Waals surface area contributed by atoms with Gasteiger partial charge in [-0.25, -0.2) is 8.42 Å². The van der Waals surface area contributed by atoms with Gasteiger partial charge in [-0.2, -0.15) is 4.98 Å². The number of primary amides is 1. The third-order valence-electron chi connectivity index (χ3n) is 5.44. The van der Waals surface area contributed by atoms with Crippen LogP contribution in [0.2, 0.25) is 0 Å². The van der Waals surface area contributed by atoms with Crippen LogP contribution in [0, 0.1) is 0 Å². The van der Waals surface area contributed by atoms with Crippen LogP contribution in [-0.4, -0.2) is 41.6 Å². The van der Waals surface area contributed by atoms with Crippen LogP contribution in [0.4, 0.5) is 17.5 Å². The fourth-order valence-corrected chi connectivity index (χ4v) is 4.79. The second-order valence-corrected chi connectivity index (χ2v) is 10.6. The lowest BCUT2D eigenvalue weighted by Gasteiger charge is -2.24. The molecule has 1 aromatic carbocycles. The number of anilines is 3. The second-order valence-electron chi connectivity index (χ2n) is 8.14. The van der Waals surface area contributed by atoms with Gasteiger partial charge in [-0.3, -0.25) is 14.6 Å². The topological polar surface area (TPSA) is 173 Å². The average Bonchev–Trinajstić information content (AvgIpc) is 3.13. The molecule has 1 heterocycles. The molecule has 168 valence electrons. The van der Waals surface area contributed by atoms with Crippen LogP contribution in [0.15, 0.2) is 34.0 Å². The van der Waals surface area contributed by atoms with E-state index in [1.807, 2.05) is 0 Å². The number of aromatic nitrogens is 2. The maximum Gasteiger partial charge on any atom is 0.267 e. The molecule has 0 aliphatic heterocycles. The van der Waals surface area contributed by atoms with Crippen molar-refractivity contribution < 1.29 is 13.2 Å². The van der Waals surface area contributed by atoms with E-state index in [4.69, 9.17) is 11.5 Å². The zero-order valence-corrected chi connectivity index (χ0v) is 18.4. The molecule has 1 aromatic heterocycles. The lowest BCUT2D eigenvalue weighted by atomic mass is 10.00. The number of benzene rings is 1. The largest absolute Gasteiger partial charge is 0.365 e. The lowest BCUT2D eigenvalue weighted by molar-refractivity contribution is 0.0999. The standard InChI is InChI=1S/C20H28N6O4S/c1-12(2)31(29,30)14-8-4-3-7-13(14)24-17-15(16(21)27)18(28)26-19(25-17)23-11-20(22)9-5-6-10-20/h3-4,7-8,12H,5-6,9-11,22H2,1-2H3,(H2,21,27)(H3,23,24,25,26,28).